The van der Waals surface area contributed by atoms with Gasteiger partial charge in [-0.2, -0.15) is 5.10 Å². The zero-order valence-corrected chi connectivity index (χ0v) is 9.92. The van der Waals surface area contributed by atoms with Crippen LogP contribution in [0.4, 0.5) is 0 Å². The number of fused-ring (bicyclic) bond motifs is 1. The molecule has 3 aromatic heterocycles. The summed E-state index contributed by atoms with van der Waals surface area (Å²) >= 11 is 3.47. The zero-order valence-electron chi connectivity index (χ0n) is 8.34. The molecule has 0 amide bonds. The molecule has 0 unspecified atom stereocenters. The van der Waals surface area contributed by atoms with Gasteiger partial charge in [-0.05, 0) is 40.2 Å². The van der Waals surface area contributed by atoms with E-state index in [-0.39, 0.29) is 0 Å². The maximum Gasteiger partial charge on any atom is 0.0811 e. The van der Waals surface area contributed by atoms with Crippen molar-refractivity contribution >= 4 is 21.4 Å². The van der Waals surface area contributed by atoms with Crippen molar-refractivity contribution in [2.45, 2.75) is 0 Å². The second-order valence-electron chi connectivity index (χ2n) is 3.44. The summed E-state index contributed by atoms with van der Waals surface area (Å²) in [6.45, 7) is 0. The molecule has 0 radical (unpaired) electrons. The molecule has 0 saturated carbocycles. The van der Waals surface area contributed by atoms with Crippen LogP contribution >= 0.6 is 15.9 Å². The molecule has 0 aliphatic carbocycles. The number of nitrogens with zero attached hydrogens (tertiary/aromatic N) is 3. The number of hydrogen-bond acceptors (Lipinski definition) is 2. The molecule has 0 aliphatic rings. The van der Waals surface area contributed by atoms with Crippen LogP contribution < -0.4 is 0 Å². The third-order valence-electron chi connectivity index (χ3n) is 2.45. The Morgan fingerprint density at radius 1 is 1.06 bits per heavy atom. The Hall–Kier alpha value is -1.68. The number of aromatic nitrogens is 3. The first-order valence-corrected chi connectivity index (χ1v) is 5.68. The molecule has 0 atom stereocenters. The quantitative estimate of drug-likeness (QED) is 0.682. The van der Waals surface area contributed by atoms with Gasteiger partial charge in [-0.25, -0.2) is 4.52 Å². The molecule has 0 saturated heterocycles. The molecule has 16 heavy (non-hydrogen) atoms. The van der Waals surface area contributed by atoms with Crippen molar-refractivity contribution in [1.29, 1.82) is 0 Å². The fourth-order valence-electron chi connectivity index (χ4n) is 1.71. The largest absolute Gasteiger partial charge is 0.264 e. The Bertz CT molecular complexity index is 631. The van der Waals surface area contributed by atoms with Crippen LogP contribution in [0.25, 0.3) is 16.8 Å². The van der Waals surface area contributed by atoms with Crippen molar-refractivity contribution in [1.82, 2.24) is 14.6 Å². The molecule has 3 heterocycles. The Labute approximate surface area is 101 Å². The lowest BCUT2D eigenvalue weighted by atomic mass is 10.2. The first-order valence-electron chi connectivity index (χ1n) is 4.89. The topological polar surface area (TPSA) is 30.2 Å². The summed E-state index contributed by atoms with van der Waals surface area (Å²) in [6.07, 6.45) is 5.40. The lowest BCUT2D eigenvalue weighted by molar-refractivity contribution is 0.968. The maximum atomic E-state index is 4.34. The molecule has 0 fully saturated rings. The molecule has 3 nitrogen and oxygen atoms in total. The smallest absolute Gasteiger partial charge is 0.0811 e. The lowest BCUT2D eigenvalue weighted by Gasteiger charge is -2.03. The molecule has 0 spiro atoms. The first kappa shape index (κ1) is 9.54. The summed E-state index contributed by atoms with van der Waals surface area (Å²) in [5.74, 6) is 0. The highest BCUT2D eigenvalue weighted by Gasteiger charge is 2.06. The van der Waals surface area contributed by atoms with E-state index < -0.39 is 0 Å². The highest BCUT2D eigenvalue weighted by Crippen LogP contribution is 2.23. The molecule has 78 valence electrons. The minimum atomic E-state index is 0.998. The summed E-state index contributed by atoms with van der Waals surface area (Å²) in [7, 11) is 0. The fraction of sp³-hybridized carbons (Fsp3) is 0. The van der Waals surface area contributed by atoms with Crippen molar-refractivity contribution in [3.05, 3.63) is 53.4 Å². The summed E-state index contributed by atoms with van der Waals surface area (Å²) in [4.78, 5) is 4.12. The van der Waals surface area contributed by atoms with Gasteiger partial charge in [0.25, 0.3) is 0 Å². The lowest BCUT2D eigenvalue weighted by Crippen LogP contribution is -1.93. The minimum absolute atomic E-state index is 0.998. The zero-order chi connectivity index (χ0) is 11.0. The van der Waals surface area contributed by atoms with E-state index in [2.05, 4.69) is 26.0 Å². The van der Waals surface area contributed by atoms with Crippen molar-refractivity contribution in [2.75, 3.05) is 0 Å². The summed E-state index contributed by atoms with van der Waals surface area (Å²) < 4.78 is 2.90. The Kier molecular flexibility index (Phi) is 2.22. The normalized spacial score (nSPS) is 10.8. The molecule has 3 aromatic rings. The van der Waals surface area contributed by atoms with E-state index in [1.807, 2.05) is 41.0 Å². The van der Waals surface area contributed by atoms with E-state index in [9.17, 15) is 0 Å². The van der Waals surface area contributed by atoms with Gasteiger partial charge < -0.3 is 0 Å². The van der Waals surface area contributed by atoms with E-state index in [0.717, 1.165) is 21.2 Å². The van der Waals surface area contributed by atoms with Crippen LogP contribution in [-0.2, 0) is 0 Å². The molecule has 0 bridgehead atoms. The van der Waals surface area contributed by atoms with E-state index in [4.69, 9.17) is 0 Å². The molecular formula is C12H8BrN3. The standard InChI is InChI=1S/C12H8BrN3/c13-10-8-15-16-11(4-1-5-12(10)16)9-3-2-6-14-7-9/h1-8H. The van der Waals surface area contributed by atoms with E-state index >= 15 is 0 Å². The van der Waals surface area contributed by atoms with Gasteiger partial charge in [0.05, 0.1) is 21.9 Å². The Morgan fingerprint density at radius 2 is 2.00 bits per heavy atom. The van der Waals surface area contributed by atoms with Gasteiger partial charge in [0.2, 0.25) is 0 Å². The third kappa shape index (κ3) is 1.42. The van der Waals surface area contributed by atoms with Crippen LogP contribution in [0.15, 0.2) is 53.4 Å². The predicted octanol–water partition coefficient (Wildman–Crippen LogP) is 3.16. The first-order chi connectivity index (χ1) is 7.86. The van der Waals surface area contributed by atoms with Gasteiger partial charge >= 0.3 is 0 Å². The molecule has 4 heteroatoms. The van der Waals surface area contributed by atoms with Crippen molar-refractivity contribution in [2.24, 2.45) is 0 Å². The predicted molar refractivity (Wildman–Crippen MR) is 66.1 cm³/mol. The van der Waals surface area contributed by atoms with Crippen LogP contribution in [0.5, 0.6) is 0 Å². The molecular weight excluding hydrogens is 266 g/mol. The van der Waals surface area contributed by atoms with Gasteiger partial charge in [0, 0.05) is 18.0 Å². The molecule has 0 aromatic carbocycles. The number of rotatable bonds is 1. The molecule has 3 rings (SSSR count). The molecule has 0 N–H and O–H groups in total. The SMILES string of the molecule is Brc1cnn2c(-c3cccnc3)cccc12. The van der Waals surface area contributed by atoms with Gasteiger partial charge in [0.1, 0.15) is 0 Å². The van der Waals surface area contributed by atoms with Crippen LogP contribution in [0.3, 0.4) is 0 Å². The monoisotopic (exact) mass is 273 g/mol. The highest BCUT2D eigenvalue weighted by molar-refractivity contribution is 9.10. The van der Waals surface area contributed by atoms with E-state index in [1.165, 1.54) is 0 Å². The van der Waals surface area contributed by atoms with Crippen LogP contribution in [0, 0.1) is 0 Å². The third-order valence-corrected chi connectivity index (χ3v) is 3.06. The van der Waals surface area contributed by atoms with Crippen LogP contribution in [0.2, 0.25) is 0 Å². The fourth-order valence-corrected chi connectivity index (χ4v) is 2.11. The second-order valence-corrected chi connectivity index (χ2v) is 4.30. The van der Waals surface area contributed by atoms with E-state index in [1.54, 1.807) is 12.4 Å². The van der Waals surface area contributed by atoms with Crippen LogP contribution in [-0.4, -0.2) is 14.6 Å². The van der Waals surface area contributed by atoms with Gasteiger partial charge in [-0.3, -0.25) is 4.98 Å². The van der Waals surface area contributed by atoms with Gasteiger partial charge in [-0.15, -0.1) is 0 Å². The maximum absolute atomic E-state index is 4.34. The summed E-state index contributed by atoms with van der Waals surface area (Å²) in [5, 5.41) is 4.34. The number of hydrogen-bond donors (Lipinski definition) is 0. The number of halogens is 1. The van der Waals surface area contributed by atoms with Gasteiger partial charge in [-0.1, -0.05) is 6.07 Å². The van der Waals surface area contributed by atoms with Crippen molar-refractivity contribution < 1.29 is 0 Å². The highest BCUT2D eigenvalue weighted by atomic mass is 79.9. The number of pyridine rings is 2. The van der Waals surface area contributed by atoms with E-state index in [0.29, 0.717) is 0 Å². The van der Waals surface area contributed by atoms with Crippen LogP contribution in [0.1, 0.15) is 0 Å². The summed E-state index contributed by atoms with van der Waals surface area (Å²) in [6, 6.07) is 10.0. The van der Waals surface area contributed by atoms with Crippen molar-refractivity contribution in [3.8, 4) is 11.3 Å². The Balaban J connectivity index is 2.32. The second kappa shape index (κ2) is 3.72. The average molecular weight is 274 g/mol. The Morgan fingerprint density at radius 3 is 2.81 bits per heavy atom. The summed E-state index contributed by atoms with van der Waals surface area (Å²) in [5.41, 5.74) is 3.15. The molecule has 0 aliphatic heterocycles. The van der Waals surface area contributed by atoms with Crippen molar-refractivity contribution in [3.63, 3.8) is 0 Å². The van der Waals surface area contributed by atoms with Gasteiger partial charge in [0.15, 0.2) is 0 Å². The minimum Gasteiger partial charge on any atom is -0.264 e. The average Bonchev–Trinajstić information content (AvgIpc) is 2.73.